The zero-order valence-corrected chi connectivity index (χ0v) is 9.62. The molecule has 0 aliphatic carbocycles. The maximum Gasteiger partial charge on any atom is 0.332 e. The Hall–Kier alpha value is -1.08. The summed E-state index contributed by atoms with van der Waals surface area (Å²) in [6, 6.07) is 2.22. The third kappa shape index (κ3) is 6.92. The summed E-state index contributed by atoms with van der Waals surface area (Å²) in [6.45, 7) is 5.75. The van der Waals surface area contributed by atoms with Crippen LogP contribution in [0.4, 0.5) is 0 Å². The van der Waals surface area contributed by atoms with Crippen LogP contribution in [-0.4, -0.2) is 23.8 Å². The van der Waals surface area contributed by atoms with Crippen molar-refractivity contribution in [2.45, 2.75) is 46.1 Å². The largest absolute Gasteiger partial charge is 0.479 e. The number of carboxylic acid groups (broad SMARTS) is 1. The van der Waals surface area contributed by atoms with E-state index in [4.69, 9.17) is 15.1 Å². The van der Waals surface area contributed by atoms with Crippen LogP contribution in [0.3, 0.4) is 0 Å². The van der Waals surface area contributed by atoms with E-state index in [9.17, 15) is 4.79 Å². The van der Waals surface area contributed by atoms with Gasteiger partial charge in [-0.1, -0.05) is 0 Å². The van der Waals surface area contributed by atoms with E-state index in [-0.39, 0.29) is 5.41 Å². The molecule has 0 bridgehead atoms. The maximum atomic E-state index is 10.4. The van der Waals surface area contributed by atoms with E-state index in [2.05, 4.69) is 6.07 Å². The molecule has 0 aliphatic rings. The first-order valence-electron chi connectivity index (χ1n) is 5.15. The Kier molecular flexibility index (Phi) is 5.95. The molecule has 0 rings (SSSR count). The summed E-state index contributed by atoms with van der Waals surface area (Å²) in [6.07, 6.45) is 1.75. The van der Waals surface area contributed by atoms with Gasteiger partial charge in [0.2, 0.25) is 0 Å². The Morgan fingerprint density at radius 2 is 2.13 bits per heavy atom. The van der Waals surface area contributed by atoms with E-state index in [0.717, 1.165) is 19.3 Å². The summed E-state index contributed by atoms with van der Waals surface area (Å²) < 4.78 is 5.07. The number of hydrogen-bond acceptors (Lipinski definition) is 3. The van der Waals surface area contributed by atoms with Crippen molar-refractivity contribution in [2.75, 3.05) is 6.61 Å². The number of nitriles is 1. The van der Waals surface area contributed by atoms with Gasteiger partial charge in [0.1, 0.15) is 0 Å². The molecule has 0 amide bonds. The molecule has 0 saturated carbocycles. The summed E-state index contributed by atoms with van der Waals surface area (Å²) in [5.41, 5.74) is -0.293. The number of nitrogens with zero attached hydrogens (tertiary/aromatic N) is 1. The zero-order chi connectivity index (χ0) is 11.9. The highest BCUT2D eigenvalue weighted by Crippen LogP contribution is 2.21. The molecule has 4 nitrogen and oxygen atoms in total. The summed E-state index contributed by atoms with van der Waals surface area (Å²) in [4.78, 5) is 10.4. The smallest absolute Gasteiger partial charge is 0.332 e. The van der Waals surface area contributed by atoms with Crippen LogP contribution in [0.25, 0.3) is 0 Å². The SMILES string of the molecule is C[C@H](OCCCCC(C)(C)C#N)C(=O)O. The van der Waals surface area contributed by atoms with E-state index in [0.29, 0.717) is 6.61 Å². The third-order valence-electron chi connectivity index (χ3n) is 2.21. The Morgan fingerprint density at radius 1 is 1.53 bits per heavy atom. The number of carboxylic acids is 1. The molecule has 0 spiro atoms. The highest BCUT2D eigenvalue weighted by atomic mass is 16.5. The lowest BCUT2D eigenvalue weighted by Gasteiger charge is -2.14. The summed E-state index contributed by atoms with van der Waals surface area (Å²) in [7, 11) is 0. The van der Waals surface area contributed by atoms with Crippen LogP contribution < -0.4 is 0 Å². The van der Waals surface area contributed by atoms with Crippen LogP contribution in [0, 0.1) is 16.7 Å². The lowest BCUT2D eigenvalue weighted by Crippen LogP contribution is -2.20. The Bertz CT molecular complexity index is 243. The van der Waals surface area contributed by atoms with Gasteiger partial charge in [-0.15, -0.1) is 0 Å². The standard InChI is InChI=1S/C11H19NO3/c1-9(10(13)14)15-7-5-4-6-11(2,3)8-12/h9H,4-7H2,1-3H3,(H,13,14)/t9-/m0/s1. The molecular formula is C11H19NO3. The molecule has 86 valence electrons. The molecular weight excluding hydrogens is 194 g/mol. The molecule has 0 aromatic heterocycles. The maximum absolute atomic E-state index is 10.4. The van der Waals surface area contributed by atoms with Gasteiger partial charge in [0.25, 0.3) is 0 Å². The first-order chi connectivity index (χ1) is 6.89. The minimum absolute atomic E-state index is 0.293. The van der Waals surface area contributed by atoms with Crippen LogP contribution in [0.1, 0.15) is 40.0 Å². The molecule has 1 N–H and O–H groups in total. The highest BCUT2D eigenvalue weighted by molar-refractivity contribution is 5.71. The van der Waals surface area contributed by atoms with Crippen molar-refractivity contribution in [3.63, 3.8) is 0 Å². The van der Waals surface area contributed by atoms with Gasteiger partial charge in [0.15, 0.2) is 6.10 Å². The Morgan fingerprint density at radius 3 is 2.60 bits per heavy atom. The van der Waals surface area contributed by atoms with Gasteiger partial charge in [-0.3, -0.25) is 0 Å². The molecule has 0 aliphatic heterocycles. The van der Waals surface area contributed by atoms with Crippen molar-refractivity contribution in [3.05, 3.63) is 0 Å². The Labute approximate surface area is 90.9 Å². The van der Waals surface area contributed by atoms with E-state index in [1.165, 1.54) is 6.92 Å². The van der Waals surface area contributed by atoms with Crippen LogP contribution in [0.2, 0.25) is 0 Å². The number of rotatable bonds is 7. The van der Waals surface area contributed by atoms with Gasteiger partial charge in [-0.25, -0.2) is 4.79 Å². The average Bonchev–Trinajstić information content (AvgIpc) is 2.16. The third-order valence-corrected chi connectivity index (χ3v) is 2.21. The van der Waals surface area contributed by atoms with E-state index in [1.807, 2.05) is 13.8 Å². The van der Waals surface area contributed by atoms with Crippen LogP contribution in [0.15, 0.2) is 0 Å². The molecule has 0 unspecified atom stereocenters. The molecule has 0 fully saturated rings. The molecule has 0 heterocycles. The number of unbranched alkanes of at least 4 members (excludes halogenated alkanes) is 1. The van der Waals surface area contributed by atoms with Crippen molar-refractivity contribution >= 4 is 5.97 Å². The van der Waals surface area contributed by atoms with Gasteiger partial charge in [0.05, 0.1) is 11.5 Å². The van der Waals surface area contributed by atoms with Gasteiger partial charge in [-0.2, -0.15) is 5.26 Å². The molecule has 0 aromatic rings. The lowest BCUT2D eigenvalue weighted by molar-refractivity contribution is -0.149. The van der Waals surface area contributed by atoms with E-state index >= 15 is 0 Å². The van der Waals surface area contributed by atoms with Crippen molar-refractivity contribution in [1.29, 1.82) is 5.26 Å². The Balaban J connectivity index is 3.49. The molecule has 4 heteroatoms. The van der Waals surface area contributed by atoms with Gasteiger partial charge < -0.3 is 9.84 Å². The average molecular weight is 213 g/mol. The minimum atomic E-state index is -0.938. The molecule has 0 saturated heterocycles. The van der Waals surface area contributed by atoms with Crippen LogP contribution >= 0.6 is 0 Å². The second-order valence-electron chi connectivity index (χ2n) is 4.30. The summed E-state index contributed by atoms with van der Waals surface area (Å²) in [5, 5.41) is 17.3. The second kappa shape index (κ2) is 6.41. The predicted octanol–water partition coefficient (Wildman–Crippen LogP) is 2.20. The van der Waals surface area contributed by atoms with E-state index < -0.39 is 12.1 Å². The summed E-state index contributed by atoms with van der Waals surface area (Å²) in [5.74, 6) is -0.938. The molecule has 0 aromatic carbocycles. The normalized spacial score (nSPS) is 13.2. The first kappa shape index (κ1) is 13.9. The van der Waals surface area contributed by atoms with Crippen LogP contribution in [-0.2, 0) is 9.53 Å². The molecule has 15 heavy (non-hydrogen) atoms. The number of hydrogen-bond donors (Lipinski definition) is 1. The van der Waals surface area contributed by atoms with Crippen molar-refractivity contribution in [3.8, 4) is 6.07 Å². The van der Waals surface area contributed by atoms with Crippen LogP contribution in [0.5, 0.6) is 0 Å². The zero-order valence-electron chi connectivity index (χ0n) is 9.62. The second-order valence-corrected chi connectivity index (χ2v) is 4.30. The predicted molar refractivity (Wildman–Crippen MR) is 56.3 cm³/mol. The van der Waals surface area contributed by atoms with Gasteiger partial charge in [0, 0.05) is 6.61 Å². The number of carbonyl (C=O) groups is 1. The van der Waals surface area contributed by atoms with Crippen molar-refractivity contribution in [1.82, 2.24) is 0 Å². The number of ether oxygens (including phenoxy) is 1. The van der Waals surface area contributed by atoms with Gasteiger partial charge >= 0.3 is 5.97 Å². The fourth-order valence-electron chi connectivity index (χ4n) is 1.06. The lowest BCUT2D eigenvalue weighted by atomic mass is 9.89. The highest BCUT2D eigenvalue weighted by Gasteiger charge is 2.16. The van der Waals surface area contributed by atoms with E-state index in [1.54, 1.807) is 0 Å². The van der Waals surface area contributed by atoms with Crippen molar-refractivity contribution in [2.24, 2.45) is 5.41 Å². The number of aliphatic carboxylic acids is 1. The molecule has 1 atom stereocenters. The minimum Gasteiger partial charge on any atom is -0.479 e. The quantitative estimate of drug-likeness (QED) is 0.658. The topological polar surface area (TPSA) is 70.3 Å². The monoisotopic (exact) mass is 213 g/mol. The fraction of sp³-hybridized carbons (Fsp3) is 0.818. The fourth-order valence-corrected chi connectivity index (χ4v) is 1.06. The first-order valence-corrected chi connectivity index (χ1v) is 5.15. The van der Waals surface area contributed by atoms with Gasteiger partial charge in [-0.05, 0) is 40.0 Å². The van der Waals surface area contributed by atoms with Crippen molar-refractivity contribution < 1.29 is 14.6 Å². The summed E-state index contributed by atoms with van der Waals surface area (Å²) >= 11 is 0. The molecule has 0 radical (unpaired) electrons.